The Balaban J connectivity index is 1.48. The Hall–Kier alpha value is -2.69. The van der Waals surface area contributed by atoms with Crippen LogP contribution in [0.15, 0.2) is 48.5 Å². The fourth-order valence-corrected chi connectivity index (χ4v) is 2.51. The van der Waals surface area contributed by atoms with Crippen molar-refractivity contribution in [1.29, 1.82) is 0 Å². The molecule has 0 fully saturated rings. The number of hydrogen-bond donors (Lipinski definition) is 1. The largest absolute Gasteiger partial charge is 0.494 e. The average molecular weight is 341 g/mol. The number of amides is 1. The van der Waals surface area contributed by atoms with Crippen molar-refractivity contribution in [2.45, 2.75) is 25.9 Å². The zero-order valence-corrected chi connectivity index (χ0v) is 14.4. The topological polar surface area (TPSA) is 56.8 Å². The zero-order valence-electron chi connectivity index (χ0n) is 14.4. The van der Waals surface area contributed by atoms with Crippen molar-refractivity contribution in [2.24, 2.45) is 0 Å². The first-order valence-corrected chi connectivity index (χ1v) is 8.66. The Bertz CT molecular complexity index is 699. The van der Waals surface area contributed by atoms with Gasteiger partial charge in [-0.1, -0.05) is 25.5 Å². The minimum Gasteiger partial charge on any atom is -0.494 e. The van der Waals surface area contributed by atoms with E-state index in [-0.39, 0.29) is 12.0 Å². The Kier molecular flexibility index (Phi) is 5.77. The van der Waals surface area contributed by atoms with Gasteiger partial charge in [-0.3, -0.25) is 4.79 Å². The fourth-order valence-electron chi connectivity index (χ4n) is 2.51. The van der Waals surface area contributed by atoms with Crippen LogP contribution >= 0.6 is 0 Å². The first-order chi connectivity index (χ1) is 12.3. The molecule has 0 spiro atoms. The molecular weight excluding hydrogens is 318 g/mol. The average Bonchev–Trinajstić information content (AvgIpc) is 2.66. The lowest BCUT2D eigenvalue weighted by Crippen LogP contribution is -2.40. The van der Waals surface area contributed by atoms with E-state index in [0.29, 0.717) is 31.1 Å². The molecule has 5 heteroatoms. The fraction of sp³-hybridized carbons (Fsp3) is 0.350. The number of benzene rings is 2. The van der Waals surface area contributed by atoms with Gasteiger partial charge in [0, 0.05) is 5.56 Å². The van der Waals surface area contributed by atoms with Gasteiger partial charge in [0.15, 0.2) is 11.5 Å². The second-order valence-corrected chi connectivity index (χ2v) is 5.93. The number of para-hydroxylation sites is 2. The molecule has 0 unspecified atom stereocenters. The second-order valence-electron chi connectivity index (χ2n) is 5.93. The third-order valence-electron chi connectivity index (χ3n) is 3.94. The van der Waals surface area contributed by atoms with Gasteiger partial charge >= 0.3 is 0 Å². The minimum absolute atomic E-state index is 0.137. The van der Waals surface area contributed by atoms with Crippen LogP contribution < -0.4 is 19.5 Å². The van der Waals surface area contributed by atoms with Crippen LogP contribution in [0.25, 0.3) is 0 Å². The maximum Gasteiger partial charge on any atom is 0.251 e. The van der Waals surface area contributed by atoms with E-state index in [9.17, 15) is 4.79 Å². The molecule has 2 aromatic rings. The summed E-state index contributed by atoms with van der Waals surface area (Å²) in [5, 5.41) is 2.89. The summed E-state index contributed by atoms with van der Waals surface area (Å²) in [7, 11) is 0. The van der Waals surface area contributed by atoms with Crippen LogP contribution in [-0.4, -0.2) is 31.8 Å². The molecule has 1 aliphatic heterocycles. The molecule has 1 heterocycles. The molecule has 0 saturated carbocycles. The van der Waals surface area contributed by atoms with Gasteiger partial charge in [-0.15, -0.1) is 0 Å². The third-order valence-corrected chi connectivity index (χ3v) is 3.94. The number of unbranched alkanes of at least 4 members (excludes halogenated alkanes) is 1. The Morgan fingerprint density at radius 3 is 2.68 bits per heavy atom. The molecule has 1 atom stereocenters. The molecule has 0 aliphatic carbocycles. The Morgan fingerprint density at radius 2 is 1.92 bits per heavy atom. The summed E-state index contributed by atoms with van der Waals surface area (Å²) in [5.74, 6) is 2.10. The molecule has 1 N–H and O–H groups in total. The van der Waals surface area contributed by atoms with Crippen molar-refractivity contribution in [2.75, 3.05) is 19.8 Å². The van der Waals surface area contributed by atoms with Crippen molar-refractivity contribution in [1.82, 2.24) is 5.32 Å². The van der Waals surface area contributed by atoms with Gasteiger partial charge in [0.2, 0.25) is 0 Å². The summed E-state index contributed by atoms with van der Waals surface area (Å²) in [6.45, 7) is 3.63. The van der Waals surface area contributed by atoms with Gasteiger partial charge in [0.05, 0.1) is 13.2 Å². The van der Waals surface area contributed by atoms with Crippen molar-refractivity contribution < 1.29 is 19.0 Å². The van der Waals surface area contributed by atoms with Gasteiger partial charge < -0.3 is 19.5 Å². The molecule has 0 aromatic heterocycles. The Morgan fingerprint density at radius 1 is 1.16 bits per heavy atom. The van der Waals surface area contributed by atoms with Gasteiger partial charge in [-0.05, 0) is 42.8 Å². The van der Waals surface area contributed by atoms with E-state index in [0.717, 1.165) is 24.3 Å². The molecule has 2 aromatic carbocycles. The van der Waals surface area contributed by atoms with Crippen molar-refractivity contribution in [3.05, 3.63) is 54.1 Å². The summed E-state index contributed by atoms with van der Waals surface area (Å²) in [5.41, 5.74) is 0.597. The second kappa shape index (κ2) is 8.42. The number of rotatable bonds is 7. The van der Waals surface area contributed by atoms with E-state index in [2.05, 4.69) is 12.2 Å². The molecular formula is C20H23NO4. The third kappa shape index (κ3) is 4.66. The molecule has 0 saturated heterocycles. The zero-order chi connectivity index (χ0) is 17.5. The molecule has 0 bridgehead atoms. The minimum atomic E-state index is -0.199. The summed E-state index contributed by atoms with van der Waals surface area (Å²) < 4.78 is 17.1. The molecule has 25 heavy (non-hydrogen) atoms. The van der Waals surface area contributed by atoms with E-state index >= 15 is 0 Å². The van der Waals surface area contributed by atoms with Gasteiger partial charge in [-0.2, -0.15) is 0 Å². The number of fused-ring (bicyclic) bond motifs is 1. The summed E-state index contributed by atoms with van der Waals surface area (Å²) >= 11 is 0. The summed E-state index contributed by atoms with van der Waals surface area (Å²) in [4.78, 5) is 12.3. The van der Waals surface area contributed by atoms with Crippen LogP contribution in [0.4, 0.5) is 0 Å². The van der Waals surface area contributed by atoms with Gasteiger partial charge in [0.1, 0.15) is 18.5 Å². The van der Waals surface area contributed by atoms with Crippen LogP contribution in [-0.2, 0) is 0 Å². The van der Waals surface area contributed by atoms with Crippen molar-refractivity contribution in [3.63, 3.8) is 0 Å². The SMILES string of the molecule is CCCCOc1ccc(C(=O)NC[C@@H]2COc3ccccc3O2)cc1. The Labute approximate surface area is 147 Å². The highest BCUT2D eigenvalue weighted by Gasteiger charge is 2.21. The molecule has 132 valence electrons. The molecule has 3 rings (SSSR count). The lowest BCUT2D eigenvalue weighted by atomic mass is 10.2. The highest BCUT2D eigenvalue weighted by molar-refractivity contribution is 5.94. The highest BCUT2D eigenvalue weighted by atomic mass is 16.6. The smallest absolute Gasteiger partial charge is 0.251 e. The van der Waals surface area contributed by atoms with Gasteiger partial charge in [0.25, 0.3) is 5.91 Å². The number of hydrogen-bond acceptors (Lipinski definition) is 4. The number of nitrogens with one attached hydrogen (secondary N) is 1. The van der Waals surface area contributed by atoms with Crippen LogP contribution in [0.5, 0.6) is 17.2 Å². The number of ether oxygens (including phenoxy) is 3. The first-order valence-electron chi connectivity index (χ1n) is 8.66. The lowest BCUT2D eigenvalue weighted by molar-refractivity contribution is 0.0789. The molecule has 1 amide bonds. The van der Waals surface area contributed by atoms with Crippen molar-refractivity contribution >= 4 is 5.91 Å². The molecule has 5 nitrogen and oxygen atoms in total. The molecule has 0 radical (unpaired) electrons. The first kappa shape index (κ1) is 17.1. The highest BCUT2D eigenvalue weighted by Crippen LogP contribution is 2.30. The van der Waals surface area contributed by atoms with Crippen LogP contribution in [0.2, 0.25) is 0 Å². The van der Waals surface area contributed by atoms with Crippen molar-refractivity contribution in [3.8, 4) is 17.2 Å². The normalized spacial score (nSPS) is 15.5. The van der Waals surface area contributed by atoms with E-state index in [1.54, 1.807) is 12.1 Å². The number of carbonyl (C=O) groups excluding carboxylic acids is 1. The summed E-state index contributed by atoms with van der Waals surface area (Å²) in [6, 6.07) is 14.7. The lowest BCUT2D eigenvalue weighted by Gasteiger charge is -2.26. The predicted octanol–water partition coefficient (Wildman–Crippen LogP) is 3.44. The van der Waals surface area contributed by atoms with E-state index in [4.69, 9.17) is 14.2 Å². The van der Waals surface area contributed by atoms with E-state index in [1.807, 2.05) is 36.4 Å². The quantitative estimate of drug-likeness (QED) is 0.784. The van der Waals surface area contributed by atoms with Crippen LogP contribution in [0.1, 0.15) is 30.1 Å². The maximum absolute atomic E-state index is 12.3. The van der Waals surface area contributed by atoms with Gasteiger partial charge in [-0.25, -0.2) is 0 Å². The van der Waals surface area contributed by atoms with E-state index in [1.165, 1.54) is 0 Å². The maximum atomic E-state index is 12.3. The molecule has 1 aliphatic rings. The van der Waals surface area contributed by atoms with Crippen LogP contribution in [0.3, 0.4) is 0 Å². The van der Waals surface area contributed by atoms with Crippen LogP contribution in [0, 0.1) is 0 Å². The summed E-state index contributed by atoms with van der Waals surface area (Å²) in [6.07, 6.45) is 1.92. The number of carbonyl (C=O) groups is 1. The van der Waals surface area contributed by atoms with E-state index < -0.39 is 0 Å². The standard InChI is InChI=1S/C20H23NO4/c1-2-3-12-23-16-10-8-15(9-11-16)20(22)21-13-17-14-24-18-6-4-5-7-19(18)25-17/h4-11,17H,2-3,12-14H2,1H3,(H,21,22)/t17-/m1/s1. The predicted molar refractivity (Wildman–Crippen MR) is 95.5 cm³/mol. The monoisotopic (exact) mass is 341 g/mol.